The Hall–Kier alpha value is -2.15. The number of hydrogen-bond acceptors (Lipinski definition) is 3. The number of ether oxygens (including phenoxy) is 1. The van der Waals surface area contributed by atoms with E-state index in [9.17, 15) is 18.0 Å². The molecular weight excluding hydrogens is 339 g/mol. The molecule has 0 radical (unpaired) electrons. The molecule has 2 aromatic carbocycles. The molecule has 0 saturated heterocycles. The van der Waals surface area contributed by atoms with Crippen molar-refractivity contribution in [3.05, 3.63) is 60.2 Å². The maximum atomic E-state index is 12.1. The van der Waals surface area contributed by atoms with Gasteiger partial charge in [0.1, 0.15) is 5.75 Å². The number of halogens is 3. The maximum Gasteiger partial charge on any atom is 0.573 e. The van der Waals surface area contributed by atoms with Crippen LogP contribution in [-0.4, -0.2) is 17.5 Å². The second-order valence-electron chi connectivity index (χ2n) is 5.00. The Kier molecular flexibility index (Phi) is 6.14. The van der Waals surface area contributed by atoms with Crippen molar-refractivity contribution < 1.29 is 22.7 Å². The van der Waals surface area contributed by atoms with Crippen molar-refractivity contribution in [2.24, 2.45) is 0 Å². The quantitative estimate of drug-likeness (QED) is 0.805. The number of nitrogens with one attached hydrogen (secondary N) is 1. The summed E-state index contributed by atoms with van der Waals surface area (Å²) in [5.74, 6) is 0.167. The molecule has 24 heavy (non-hydrogen) atoms. The molecule has 1 unspecified atom stereocenters. The molecule has 0 aliphatic rings. The Morgan fingerprint density at radius 1 is 1.12 bits per heavy atom. The number of rotatable bonds is 6. The van der Waals surface area contributed by atoms with Gasteiger partial charge in [-0.2, -0.15) is 0 Å². The first-order valence-electron chi connectivity index (χ1n) is 7.16. The third kappa shape index (κ3) is 6.16. The second kappa shape index (κ2) is 8.10. The molecule has 0 aliphatic carbocycles. The van der Waals surface area contributed by atoms with E-state index in [2.05, 4.69) is 10.1 Å². The van der Waals surface area contributed by atoms with Crippen molar-refractivity contribution in [2.45, 2.75) is 24.3 Å². The number of benzene rings is 2. The summed E-state index contributed by atoms with van der Waals surface area (Å²) >= 11 is 1.48. The molecule has 0 bridgehead atoms. The van der Waals surface area contributed by atoms with E-state index in [1.165, 1.54) is 23.9 Å². The lowest BCUT2D eigenvalue weighted by atomic mass is 10.2. The molecule has 0 spiro atoms. The van der Waals surface area contributed by atoms with E-state index in [1.54, 1.807) is 6.92 Å². The fourth-order valence-corrected chi connectivity index (χ4v) is 2.70. The van der Waals surface area contributed by atoms with Gasteiger partial charge in [-0.25, -0.2) is 0 Å². The largest absolute Gasteiger partial charge is 0.573 e. The number of hydrogen-bond donors (Lipinski definition) is 1. The van der Waals surface area contributed by atoms with Gasteiger partial charge in [0.05, 0.1) is 5.25 Å². The molecule has 0 aromatic heterocycles. The lowest BCUT2D eigenvalue weighted by Gasteiger charge is -2.13. The summed E-state index contributed by atoms with van der Waals surface area (Å²) in [5, 5.41) is 2.38. The zero-order valence-electron chi connectivity index (χ0n) is 12.8. The van der Waals surface area contributed by atoms with E-state index >= 15 is 0 Å². The van der Waals surface area contributed by atoms with Crippen LogP contribution in [-0.2, 0) is 10.5 Å². The molecule has 1 N–H and O–H groups in total. The molecule has 0 fully saturated rings. The van der Waals surface area contributed by atoms with Crippen LogP contribution in [0, 0.1) is 0 Å². The Morgan fingerprint density at radius 3 is 2.33 bits per heavy atom. The van der Waals surface area contributed by atoms with Crippen molar-refractivity contribution >= 4 is 23.4 Å². The second-order valence-corrected chi connectivity index (χ2v) is 6.33. The van der Waals surface area contributed by atoms with Gasteiger partial charge in [-0.05, 0) is 36.8 Å². The first-order chi connectivity index (χ1) is 11.3. The summed E-state index contributed by atoms with van der Waals surface area (Å²) in [5.41, 5.74) is 1.54. The zero-order valence-corrected chi connectivity index (χ0v) is 13.7. The third-order valence-corrected chi connectivity index (χ3v) is 4.28. The average molecular weight is 355 g/mol. The molecular formula is C17H16F3NO2S. The number of alkyl halides is 3. The van der Waals surface area contributed by atoms with Gasteiger partial charge >= 0.3 is 6.36 Å². The van der Waals surface area contributed by atoms with Crippen molar-refractivity contribution in [1.29, 1.82) is 0 Å². The molecule has 1 atom stereocenters. The summed E-state index contributed by atoms with van der Waals surface area (Å²) < 4.78 is 40.0. The molecule has 0 aliphatic heterocycles. The van der Waals surface area contributed by atoms with Gasteiger partial charge in [-0.3, -0.25) is 4.79 Å². The highest BCUT2D eigenvalue weighted by molar-refractivity contribution is 7.99. The van der Waals surface area contributed by atoms with E-state index in [0.29, 0.717) is 11.4 Å². The number of anilines is 1. The standard InChI is InChI=1S/C17H16F3NO2S/c1-12(24-11-13-5-3-2-4-6-13)16(22)21-14-7-9-15(10-8-14)23-17(18,19)20/h2-10,12H,11H2,1H3,(H,21,22). The lowest BCUT2D eigenvalue weighted by molar-refractivity contribution is -0.274. The minimum absolute atomic E-state index is 0.208. The fourth-order valence-electron chi connectivity index (χ4n) is 1.85. The topological polar surface area (TPSA) is 38.3 Å². The molecule has 3 nitrogen and oxygen atoms in total. The SMILES string of the molecule is CC(SCc1ccccc1)C(=O)Nc1ccc(OC(F)(F)F)cc1. The normalized spacial score (nSPS) is 12.5. The summed E-state index contributed by atoms with van der Waals surface area (Å²) in [7, 11) is 0. The predicted molar refractivity (Wildman–Crippen MR) is 89.0 cm³/mol. The van der Waals surface area contributed by atoms with Gasteiger partial charge in [-0.15, -0.1) is 24.9 Å². The minimum atomic E-state index is -4.73. The van der Waals surface area contributed by atoms with Gasteiger partial charge in [0.25, 0.3) is 0 Å². The van der Waals surface area contributed by atoms with Crippen LogP contribution in [0.5, 0.6) is 5.75 Å². The van der Waals surface area contributed by atoms with Crippen LogP contribution < -0.4 is 10.1 Å². The predicted octanol–water partition coefficient (Wildman–Crippen LogP) is 4.85. The first kappa shape index (κ1) is 18.2. The van der Waals surface area contributed by atoms with Crippen LogP contribution in [0.1, 0.15) is 12.5 Å². The Labute approximate surface area is 142 Å². The Balaban J connectivity index is 1.84. The Bertz CT molecular complexity index is 660. The summed E-state index contributed by atoms with van der Waals surface area (Å²) in [6.45, 7) is 1.78. The first-order valence-corrected chi connectivity index (χ1v) is 8.20. The Morgan fingerprint density at radius 2 is 1.75 bits per heavy atom. The highest BCUT2D eigenvalue weighted by Crippen LogP contribution is 2.24. The maximum absolute atomic E-state index is 12.1. The molecule has 2 rings (SSSR count). The van der Waals surface area contributed by atoms with Crippen LogP contribution in [0.25, 0.3) is 0 Å². The van der Waals surface area contributed by atoms with Gasteiger partial charge in [0, 0.05) is 11.4 Å². The monoisotopic (exact) mass is 355 g/mol. The lowest BCUT2D eigenvalue weighted by Crippen LogP contribution is -2.22. The summed E-state index contributed by atoms with van der Waals surface area (Å²) in [6.07, 6.45) is -4.73. The smallest absolute Gasteiger partial charge is 0.406 e. The summed E-state index contributed by atoms with van der Waals surface area (Å²) in [4.78, 5) is 12.1. The molecule has 2 aromatic rings. The molecule has 128 valence electrons. The van der Waals surface area contributed by atoms with E-state index < -0.39 is 6.36 Å². The van der Waals surface area contributed by atoms with Crippen molar-refractivity contribution in [2.75, 3.05) is 5.32 Å². The highest BCUT2D eigenvalue weighted by atomic mass is 32.2. The van der Waals surface area contributed by atoms with Crippen LogP contribution in [0.3, 0.4) is 0 Å². The van der Waals surface area contributed by atoms with Crippen molar-refractivity contribution in [3.8, 4) is 5.75 Å². The molecule has 0 heterocycles. The van der Waals surface area contributed by atoms with Gasteiger partial charge < -0.3 is 10.1 Å². The van der Waals surface area contributed by atoms with Crippen LogP contribution in [0.15, 0.2) is 54.6 Å². The molecule has 1 amide bonds. The van der Waals surface area contributed by atoms with Crippen LogP contribution in [0.4, 0.5) is 18.9 Å². The number of amides is 1. The third-order valence-electron chi connectivity index (χ3n) is 3.07. The van der Waals surface area contributed by atoms with Crippen LogP contribution in [0.2, 0.25) is 0 Å². The highest BCUT2D eigenvalue weighted by Gasteiger charge is 2.31. The molecule has 7 heteroatoms. The van der Waals surface area contributed by atoms with Crippen molar-refractivity contribution in [1.82, 2.24) is 0 Å². The number of thioether (sulfide) groups is 1. The minimum Gasteiger partial charge on any atom is -0.406 e. The van der Waals surface area contributed by atoms with Gasteiger partial charge in [0.2, 0.25) is 5.91 Å². The number of carbonyl (C=O) groups excluding carboxylic acids is 1. The summed E-state index contributed by atoms with van der Waals surface area (Å²) in [6, 6.07) is 14.8. The van der Waals surface area contributed by atoms with E-state index in [1.807, 2.05) is 30.3 Å². The average Bonchev–Trinajstić information content (AvgIpc) is 2.54. The van der Waals surface area contributed by atoms with E-state index in [0.717, 1.165) is 17.7 Å². The zero-order chi connectivity index (χ0) is 17.6. The fraction of sp³-hybridized carbons (Fsp3) is 0.235. The molecule has 0 saturated carbocycles. The van der Waals surface area contributed by atoms with Gasteiger partial charge in [-0.1, -0.05) is 30.3 Å². The van der Waals surface area contributed by atoms with Crippen molar-refractivity contribution in [3.63, 3.8) is 0 Å². The van der Waals surface area contributed by atoms with E-state index in [4.69, 9.17) is 0 Å². The number of carbonyl (C=O) groups is 1. The van der Waals surface area contributed by atoms with Gasteiger partial charge in [0.15, 0.2) is 0 Å². The van der Waals surface area contributed by atoms with E-state index in [-0.39, 0.29) is 16.9 Å². The van der Waals surface area contributed by atoms with Crippen LogP contribution >= 0.6 is 11.8 Å².